The summed E-state index contributed by atoms with van der Waals surface area (Å²) in [4.78, 5) is 13.5. The first-order valence-corrected chi connectivity index (χ1v) is 5.94. The Kier molecular flexibility index (Phi) is 2.68. The van der Waals surface area contributed by atoms with Crippen LogP contribution in [0.1, 0.15) is 12.2 Å². The molecule has 92 valence electrons. The second-order valence-electron chi connectivity index (χ2n) is 4.93. The van der Waals surface area contributed by atoms with Gasteiger partial charge in [0.1, 0.15) is 18.4 Å². The van der Waals surface area contributed by atoms with Gasteiger partial charge in [0.05, 0.1) is 18.6 Å². The summed E-state index contributed by atoms with van der Waals surface area (Å²) in [6.45, 7) is 4.64. The SMILES string of the molecule is O=CC1(CN2CCn3cnnc3C2)CCOC1. The summed E-state index contributed by atoms with van der Waals surface area (Å²) in [5.74, 6) is 0.983. The summed E-state index contributed by atoms with van der Waals surface area (Å²) >= 11 is 0. The maximum atomic E-state index is 11.3. The fourth-order valence-corrected chi connectivity index (χ4v) is 2.57. The van der Waals surface area contributed by atoms with Crippen LogP contribution in [0.25, 0.3) is 0 Å². The summed E-state index contributed by atoms with van der Waals surface area (Å²) in [7, 11) is 0. The molecule has 1 aromatic heterocycles. The van der Waals surface area contributed by atoms with Crippen LogP contribution in [0.2, 0.25) is 0 Å². The van der Waals surface area contributed by atoms with Gasteiger partial charge in [-0.15, -0.1) is 10.2 Å². The lowest BCUT2D eigenvalue weighted by Gasteiger charge is -2.32. The lowest BCUT2D eigenvalue weighted by atomic mass is 9.88. The van der Waals surface area contributed by atoms with E-state index < -0.39 is 0 Å². The van der Waals surface area contributed by atoms with Gasteiger partial charge in [-0.3, -0.25) is 4.90 Å². The largest absolute Gasteiger partial charge is 0.380 e. The molecule has 0 spiro atoms. The van der Waals surface area contributed by atoms with Crippen LogP contribution in [0, 0.1) is 5.41 Å². The third-order valence-electron chi connectivity index (χ3n) is 3.64. The molecule has 0 N–H and O–H groups in total. The molecule has 1 unspecified atom stereocenters. The van der Waals surface area contributed by atoms with E-state index in [2.05, 4.69) is 19.7 Å². The Labute approximate surface area is 99.6 Å². The zero-order valence-corrected chi connectivity index (χ0v) is 9.71. The van der Waals surface area contributed by atoms with Gasteiger partial charge in [-0.25, -0.2) is 0 Å². The molecule has 2 aliphatic heterocycles. The van der Waals surface area contributed by atoms with Gasteiger partial charge in [0.15, 0.2) is 0 Å². The van der Waals surface area contributed by atoms with Crippen molar-refractivity contribution in [1.82, 2.24) is 19.7 Å². The normalized spacial score (nSPS) is 29.2. The van der Waals surface area contributed by atoms with Crippen molar-refractivity contribution in [3.8, 4) is 0 Å². The highest BCUT2D eigenvalue weighted by atomic mass is 16.5. The van der Waals surface area contributed by atoms with Crippen molar-refractivity contribution in [3.63, 3.8) is 0 Å². The minimum atomic E-state index is -0.303. The Morgan fingerprint density at radius 1 is 1.53 bits per heavy atom. The molecule has 1 aromatic rings. The van der Waals surface area contributed by atoms with Crippen molar-refractivity contribution in [1.29, 1.82) is 0 Å². The molecule has 2 aliphatic rings. The molecule has 0 amide bonds. The van der Waals surface area contributed by atoms with Crippen molar-refractivity contribution >= 4 is 6.29 Å². The Hall–Kier alpha value is -1.27. The van der Waals surface area contributed by atoms with Gasteiger partial charge in [-0.05, 0) is 6.42 Å². The monoisotopic (exact) mass is 236 g/mol. The number of nitrogens with zero attached hydrogens (tertiary/aromatic N) is 4. The van der Waals surface area contributed by atoms with Gasteiger partial charge >= 0.3 is 0 Å². The predicted octanol–water partition coefficient (Wildman–Crippen LogP) is -0.301. The molecule has 0 aliphatic carbocycles. The van der Waals surface area contributed by atoms with E-state index >= 15 is 0 Å². The van der Waals surface area contributed by atoms with Crippen LogP contribution in [0.3, 0.4) is 0 Å². The highest BCUT2D eigenvalue weighted by Gasteiger charge is 2.37. The molecule has 1 saturated heterocycles. The quantitative estimate of drug-likeness (QED) is 0.674. The van der Waals surface area contributed by atoms with Gasteiger partial charge in [-0.1, -0.05) is 0 Å². The van der Waals surface area contributed by atoms with Crippen molar-refractivity contribution < 1.29 is 9.53 Å². The van der Waals surface area contributed by atoms with Crippen LogP contribution in [-0.4, -0.2) is 52.3 Å². The number of ether oxygens (including phenoxy) is 1. The number of rotatable bonds is 3. The van der Waals surface area contributed by atoms with E-state index in [-0.39, 0.29) is 5.41 Å². The van der Waals surface area contributed by atoms with Crippen molar-refractivity contribution in [3.05, 3.63) is 12.2 Å². The number of aldehydes is 1. The van der Waals surface area contributed by atoms with Gasteiger partial charge < -0.3 is 14.1 Å². The molecule has 6 nitrogen and oxygen atoms in total. The average molecular weight is 236 g/mol. The van der Waals surface area contributed by atoms with E-state index in [1.165, 1.54) is 0 Å². The number of fused-ring (bicyclic) bond motifs is 1. The molecule has 17 heavy (non-hydrogen) atoms. The van der Waals surface area contributed by atoms with E-state index in [9.17, 15) is 4.79 Å². The van der Waals surface area contributed by atoms with Gasteiger partial charge in [0.2, 0.25) is 0 Å². The smallest absolute Gasteiger partial charge is 0.147 e. The average Bonchev–Trinajstić information content (AvgIpc) is 2.97. The summed E-state index contributed by atoms with van der Waals surface area (Å²) in [6, 6.07) is 0. The Bertz CT molecular complexity index is 411. The molecule has 1 fully saturated rings. The molecular weight excluding hydrogens is 220 g/mol. The summed E-state index contributed by atoms with van der Waals surface area (Å²) in [6.07, 6.45) is 3.67. The Morgan fingerprint density at radius 2 is 2.47 bits per heavy atom. The van der Waals surface area contributed by atoms with Crippen LogP contribution in [-0.2, 0) is 22.6 Å². The van der Waals surface area contributed by atoms with Gasteiger partial charge in [0.25, 0.3) is 0 Å². The molecule has 3 rings (SSSR count). The van der Waals surface area contributed by atoms with Crippen LogP contribution in [0.4, 0.5) is 0 Å². The molecule has 0 saturated carbocycles. The fourth-order valence-electron chi connectivity index (χ4n) is 2.57. The lowest BCUT2D eigenvalue weighted by molar-refractivity contribution is -0.117. The van der Waals surface area contributed by atoms with Crippen LogP contribution in [0.15, 0.2) is 6.33 Å². The topological polar surface area (TPSA) is 60.2 Å². The predicted molar refractivity (Wildman–Crippen MR) is 59.2 cm³/mol. The summed E-state index contributed by atoms with van der Waals surface area (Å²) in [5, 5.41) is 7.98. The number of aromatic nitrogens is 3. The molecule has 1 atom stereocenters. The first-order chi connectivity index (χ1) is 8.31. The van der Waals surface area contributed by atoms with E-state index in [1.807, 2.05) is 0 Å². The van der Waals surface area contributed by atoms with Crippen molar-refractivity contribution in [2.45, 2.75) is 19.5 Å². The maximum absolute atomic E-state index is 11.3. The highest BCUT2D eigenvalue weighted by molar-refractivity contribution is 5.60. The second kappa shape index (κ2) is 4.19. The van der Waals surface area contributed by atoms with E-state index in [4.69, 9.17) is 4.74 Å². The van der Waals surface area contributed by atoms with E-state index in [0.717, 1.165) is 44.7 Å². The van der Waals surface area contributed by atoms with Crippen LogP contribution in [0.5, 0.6) is 0 Å². The third-order valence-corrected chi connectivity index (χ3v) is 3.64. The van der Waals surface area contributed by atoms with E-state index in [1.54, 1.807) is 6.33 Å². The standard InChI is InChI=1S/C11H16N4O2/c16-7-11(1-4-17-8-11)6-14-2-3-15-9-12-13-10(15)5-14/h7,9H,1-6,8H2. The van der Waals surface area contributed by atoms with Crippen molar-refractivity contribution in [2.24, 2.45) is 5.41 Å². The number of hydrogen-bond acceptors (Lipinski definition) is 5. The molecular formula is C11H16N4O2. The van der Waals surface area contributed by atoms with Crippen LogP contribution >= 0.6 is 0 Å². The molecule has 3 heterocycles. The highest BCUT2D eigenvalue weighted by Crippen LogP contribution is 2.28. The summed E-state index contributed by atoms with van der Waals surface area (Å²) in [5.41, 5.74) is -0.303. The Morgan fingerprint density at radius 3 is 3.24 bits per heavy atom. The first-order valence-electron chi connectivity index (χ1n) is 5.94. The number of hydrogen-bond donors (Lipinski definition) is 0. The van der Waals surface area contributed by atoms with Crippen molar-refractivity contribution in [2.75, 3.05) is 26.3 Å². The second-order valence-corrected chi connectivity index (χ2v) is 4.93. The van der Waals surface area contributed by atoms with E-state index in [0.29, 0.717) is 13.2 Å². The third kappa shape index (κ3) is 1.98. The lowest BCUT2D eigenvalue weighted by Crippen LogP contribution is -2.43. The molecule has 0 bridgehead atoms. The summed E-state index contributed by atoms with van der Waals surface area (Å²) < 4.78 is 7.42. The number of carbonyl (C=O) groups excluding carboxylic acids is 1. The zero-order valence-electron chi connectivity index (χ0n) is 9.71. The van der Waals surface area contributed by atoms with Gasteiger partial charge in [-0.2, -0.15) is 0 Å². The first kappa shape index (κ1) is 10.9. The number of carbonyl (C=O) groups is 1. The minimum absolute atomic E-state index is 0.303. The molecule has 6 heteroatoms. The maximum Gasteiger partial charge on any atom is 0.147 e. The zero-order chi connectivity index (χ0) is 11.7. The molecule has 0 aromatic carbocycles. The minimum Gasteiger partial charge on any atom is -0.380 e. The van der Waals surface area contributed by atoms with Gasteiger partial charge in [0, 0.05) is 26.2 Å². The van der Waals surface area contributed by atoms with Crippen LogP contribution < -0.4 is 0 Å². The molecule has 0 radical (unpaired) electrons. The fraction of sp³-hybridized carbons (Fsp3) is 0.727. The Balaban J connectivity index is 1.69.